The zero-order valence-corrected chi connectivity index (χ0v) is 25.2. The largest absolute Gasteiger partial charge is 0.506 e. The van der Waals surface area contributed by atoms with Gasteiger partial charge in [0.2, 0.25) is 10.0 Å². The van der Waals surface area contributed by atoms with Gasteiger partial charge in [-0.05, 0) is 59.3 Å². The summed E-state index contributed by atoms with van der Waals surface area (Å²) in [5.74, 6) is -0.618. The highest BCUT2D eigenvalue weighted by Crippen LogP contribution is 2.45. The average Bonchev–Trinajstić information content (AvgIpc) is 2.98. The summed E-state index contributed by atoms with van der Waals surface area (Å²) in [7, 11) is -8.08. The van der Waals surface area contributed by atoms with E-state index in [0.717, 1.165) is 12.3 Å². The van der Waals surface area contributed by atoms with Gasteiger partial charge in [0.25, 0.3) is 10.1 Å². The van der Waals surface area contributed by atoms with Gasteiger partial charge in [-0.15, -0.1) is 19.7 Å². The summed E-state index contributed by atoms with van der Waals surface area (Å²) >= 11 is 0.522. The molecule has 45 heavy (non-hydrogen) atoms. The minimum atomic E-state index is -4.45. The molecule has 0 heterocycles. The van der Waals surface area contributed by atoms with E-state index in [9.17, 15) is 31.6 Å². The molecule has 0 fully saturated rings. The predicted molar refractivity (Wildman–Crippen MR) is 165 cm³/mol. The number of phenols is 2. The predicted octanol–water partition coefficient (Wildman–Crippen LogP) is 7.28. The molecule has 0 spiro atoms. The van der Waals surface area contributed by atoms with Crippen molar-refractivity contribution in [1.29, 1.82) is 0 Å². The fourth-order valence-corrected chi connectivity index (χ4v) is 5.79. The first-order valence-corrected chi connectivity index (χ1v) is 16.5. The van der Waals surface area contributed by atoms with Gasteiger partial charge in [0.05, 0.1) is 39.5 Å². The van der Waals surface area contributed by atoms with Crippen molar-refractivity contribution in [2.24, 2.45) is 20.5 Å². The SMILES string of the molecule is CS(=O)(=O)Nc1ccccc1/N=N/c1c(SOOO)cc2ccc(N=Nc3c(O)ccc4cc(S(=O)(=O)O)ccc34)cc2c1O. The maximum Gasteiger partial charge on any atom is 0.294 e. The van der Waals surface area contributed by atoms with Crippen molar-refractivity contribution in [2.75, 3.05) is 11.0 Å². The lowest BCUT2D eigenvalue weighted by atomic mass is 10.1. The minimum Gasteiger partial charge on any atom is -0.506 e. The Hall–Kier alpha value is -4.69. The van der Waals surface area contributed by atoms with Gasteiger partial charge in [0.15, 0.2) is 5.75 Å². The van der Waals surface area contributed by atoms with E-state index in [-0.39, 0.29) is 55.1 Å². The van der Waals surface area contributed by atoms with Gasteiger partial charge in [-0.1, -0.05) is 35.4 Å². The van der Waals surface area contributed by atoms with Crippen LogP contribution in [-0.4, -0.2) is 43.1 Å². The van der Waals surface area contributed by atoms with Crippen molar-refractivity contribution in [3.05, 3.63) is 78.9 Å². The number of sulfonamides is 1. The number of fused-ring (bicyclic) bond motifs is 2. The number of aromatic hydroxyl groups is 2. The zero-order valence-electron chi connectivity index (χ0n) is 22.8. The van der Waals surface area contributed by atoms with Crippen molar-refractivity contribution in [3.63, 3.8) is 0 Å². The smallest absolute Gasteiger partial charge is 0.294 e. The van der Waals surface area contributed by atoms with Gasteiger partial charge in [0.1, 0.15) is 22.8 Å². The van der Waals surface area contributed by atoms with Crippen LogP contribution in [0.15, 0.2) is 109 Å². The molecule has 0 radical (unpaired) electrons. The lowest BCUT2D eigenvalue weighted by Crippen LogP contribution is -2.09. The molecular formula is C27H21N5O10S3. The first kappa shape index (κ1) is 31.7. The fourth-order valence-electron chi connectivity index (χ4n) is 4.21. The number of rotatable bonds is 10. The number of azo groups is 2. The lowest BCUT2D eigenvalue weighted by Gasteiger charge is -2.10. The molecule has 0 bridgehead atoms. The van der Waals surface area contributed by atoms with Crippen molar-refractivity contribution in [1.82, 2.24) is 0 Å². The summed E-state index contributed by atoms with van der Waals surface area (Å²) in [5, 5.41) is 52.0. The molecule has 232 valence electrons. The van der Waals surface area contributed by atoms with E-state index in [0.29, 0.717) is 28.2 Å². The van der Waals surface area contributed by atoms with Crippen LogP contribution in [0.5, 0.6) is 11.5 Å². The second-order valence-corrected chi connectivity index (χ2v) is 13.2. The Morgan fingerprint density at radius 3 is 2.22 bits per heavy atom. The zero-order chi connectivity index (χ0) is 32.4. The maximum absolute atomic E-state index is 11.8. The Labute approximate surface area is 259 Å². The van der Waals surface area contributed by atoms with Gasteiger partial charge >= 0.3 is 0 Å². The van der Waals surface area contributed by atoms with Crippen LogP contribution < -0.4 is 4.72 Å². The number of hydrogen-bond acceptors (Lipinski definition) is 14. The third-order valence-electron chi connectivity index (χ3n) is 6.15. The first-order valence-electron chi connectivity index (χ1n) is 12.4. The van der Waals surface area contributed by atoms with Crippen LogP contribution >= 0.6 is 12.0 Å². The first-order chi connectivity index (χ1) is 21.3. The minimum absolute atomic E-state index is 0.0301. The van der Waals surface area contributed by atoms with E-state index in [1.165, 1.54) is 42.5 Å². The standard InChI is InChI=1S/C27H21N5O10S3/c1-44(36,37)32-22-5-3-2-4-21(22)29-31-26-24(43-42-41-35)13-16-6-8-17(14-20(16)27(26)34)28-30-25-19-10-9-18(45(38,39)40)12-15(19)7-11-23(25)33/h2-14,32-35H,1H3,(H,38,39,40)/b30-28?,31-29+. The molecule has 0 aromatic heterocycles. The van der Waals surface area contributed by atoms with Gasteiger partial charge < -0.3 is 10.2 Å². The number of hydrogen-bond donors (Lipinski definition) is 5. The van der Waals surface area contributed by atoms with Crippen molar-refractivity contribution < 1.29 is 46.2 Å². The van der Waals surface area contributed by atoms with E-state index in [2.05, 4.69) is 34.6 Å². The Morgan fingerprint density at radius 2 is 1.49 bits per heavy atom. The Balaban J connectivity index is 1.56. The summed E-state index contributed by atoms with van der Waals surface area (Å²) in [4.78, 5) is -0.157. The highest BCUT2D eigenvalue weighted by Gasteiger charge is 2.17. The summed E-state index contributed by atoms with van der Waals surface area (Å²) in [6.45, 7) is 0. The molecule has 0 amide bonds. The number of nitrogens with zero attached hydrogens (tertiary/aromatic N) is 4. The molecule has 5 rings (SSSR count). The van der Waals surface area contributed by atoms with Gasteiger partial charge in [0, 0.05) is 10.8 Å². The van der Waals surface area contributed by atoms with Gasteiger partial charge in [-0.25, -0.2) is 13.7 Å². The third-order valence-corrected chi connectivity index (χ3v) is 8.21. The van der Waals surface area contributed by atoms with E-state index < -0.39 is 20.1 Å². The molecule has 0 saturated carbocycles. The van der Waals surface area contributed by atoms with Crippen molar-refractivity contribution in [3.8, 4) is 11.5 Å². The summed E-state index contributed by atoms with van der Waals surface area (Å²) in [5.41, 5.74) is 0.432. The highest BCUT2D eigenvalue weighted by molar-refractivity contribution is 7.94. The summed E-state index contributed by atoms with van der Waals surface area (Å²) in [6.07, 6.45) is 0.979. The summed E-state index contributed by atoms with van der Waals surface area (Å²) in [6, 6.07) is 18.9. The molecule has 0 atom stereocenters. The molecule has 15 nitrogen and oxygen atoms in total. The molecule has 5 aromatic carbocycles. The monoisotopic (exact) mass is 671 g/mol. The van der Waals surface area contributed by atoms with E-state index in [1.807, 2.05) is 0 Å². The molecular weight excluding hydrogens is 651 g/mol. The number of para-hydroxylation sites is 1. The molecule has 0 aliphatic rings. The van der Waals surface area contributed by atoms with Crippen LogP contribution in [0, 0.1) is 0 Å². The number of anilines is 1. The highest BCUT2D eigenvalue weighted by atomic mass is 32.2. The molecule has 18 heteroatoms. The van der Waals surface area contributed by atoms with E-state index in [4.69, 9.17) is 5.26 Å². The molecule has 0 saturated heterocycles. The normalized spacial score (nSPS) is 12.5. The van der Waals surface area contributed by atoms with Gasteiger partial charge in [-0.3, -0.25) is 9.27 Å². The van der Waals surface area contributed by atoms with Crippen molar-refractivity contribution >= 4 is 82.2 Å². The Bertz CT molecular complexity index is 2230. The molecule has 0 unspecified atom stereocenters. The van der Waals surface area contributed by atoms with Gasteiger partial charge in [-0.2, -0.15) is 13.5 Å². The molecule has 0 aliphatic carbocycles. The van der Waals surface area contributed by atoms with E-state index in [1.54, 1.807) is 30.3 Å². The molecule has 5 aromatic rings. The molecule has 0 aliphatic heterocycles. The quantitative estimate of drug-likeness (QED) is 0.0325. The van der Waals surface area contributed by atoms with Crippen LogP contribution in [0.2, 0.25) is 0 Å². The Morgan fingerprint density at radius 1 is 0.778 bits per heavy atom. The maximum atomic E-state index is 11.8. The Kier molecular flexibility index (Phi) is 8.98. The number of nitrogens with one attached hydrogen (secondary N) is 1. The molecule has 5 N–H and O–H groups in total. The van der Waals surface area contributed by atoms with Crippen LogP contribution in [0.25, 0.3) is 21.5 Å². The number of benzene rings is 5. The van der Waals surface area contributed by atoms with Crippen LogP contribution in [0.4, 0.5) is 28.4 Å². The fraction of sp³-hybridized carbons (Fsp3) is 0.0370. The summed E-state index contributed by atoms with van der Waals surface area (Å²) < 4.78 is 62.8. The lowest BCUT2D eigenvalue weighted by molar-refractivity contribution is -0.432. The van der Waals surface area contributed by atoms with Crippen LogP contribution in [-0.2, 0) is 29.5 Å². The third kappa shape index (κ3) is 7.35. The second kappa shape index (κ2) is 12.7. The van der Waals surface area contributed by atoms with Crippen LogP contribution in [0.1, 0.15) is 0 Å². The van der Waals surface area contributed by atoms with Crippen LogP contribution in [0.3, 0.4) is 0 Å². The topological polar surface area (TPSA) is 229 Å². The van der Waals surface area contributed by atoms with Crippen molar-refractivity contribution in [2.45, 2.75) is 9.79 Å². The second-order valence-electron chi connectivity index (χ2n) is 9.29. The number of phenolic OH excluding ortho intramolecular Hbond substituents is 2. The van der Waals surface area contributed by atoms with E-state index >= 15 is 0 Å². The average molecular weight is 672 g/mol.